The van der Waals surface area contributed by atoms with Gasteiger partial charge in [0.25, 0.3) is 0 Å². The molecule has 3 aromatic rings. The van der Waals surface area contributed by atoms with Crippen LogP contribution in [0.4, 0.5) is 0 Å². The van der Waals surface area contributed by atoms with E-state index in [2.05, 4.69) is 6.08 Å². The number of benzene rings is 3. The van der Waals surface area contributed by atoms with E-state index in [-0.39, 0.29) is 48.6 Å². The molecule has 7 heteroatoms. The number of aliphatic hydroxyl groups is 1. The summed E-state index contributed by atoms with van der Waals surface area (Å²) in [6.45, 7) is 0.0421. The van der Waals surface area contributed by atoms with E-state index < -0.39 is 29.1 Å². The van der Waals surface area contributed by atoms with Crippen LogP contribution in [0.25, 0.3) is 5.57 Å². The Hall–Kier alpha value is -4.62. The van der Waals surface area contributed by atoms with E-state index in [1.165, 1.54) is 0 Å². The molecule has 4 aliphatic carbocycles. The first kappa shape index (κ1) is 31.6. The van der Waals surface area contributed by atoms with Gasteiger partial charge in [-0.1, -0.05) is 104 Å². The number of hydrogen-bond donors (Lipinski definition) is 1. The summed E-state index contributed by atoms with van der Waals surface area (Å²) in [7, 11) is 0. The fourth-order valence-electron chi connectivity index (χ4n) is 9.89. The van der Waals surface area contributed by atoms with Gasteiger partial charge in [0.1, 0.15) is 12.4 Å². The van der Waals surface area contributed by atoms with Gasteiger partial charge in [-0.3, -0.25) is 24.1 Å². The Kier molecular flexibility index (Phi) is 8.19. The smallest absolute Gasteiger partial charge is 0.233 e. The first-order valence-corrected chi connectivity index (χ1v) is 17.8. The zero-order chi connectivity index (χ0) is 33.7. The Morgan fingerprint density at radius 3 is 2.18 bits per heavy atom. The number of carbonyl (C=O) groups is 4. The third-order valence-electron chi connectivity index (χ3n) is 11.9. The summed E-state index contributed by atoms with van der Waals surface area (Å²) >= 11 is 0. The van der Waals surface area contributed by atoms with Gasteiger partial charge < -0.3 is 9.84 Å². The van der Waals surface area contributed by atoms with E-state index in [0.29, 0.717) is 29.7 Å². The second-order valence-corrected chi connectivity index (χ2v) is 14.3. The van der Waals surface area contributed by atoms with Crippen LogP contribution in [0.5, 0.6) is 5.75 Å². The van der Waals surface area contributed by atoms with Gasteiger partial charge >= 0.3 is 0 Å². The van der Waals surface area contributed by atoms with Crippen LogP contribution in [-0.4, -0.2) is 52.6 Å². The molecule has 3 fully saturated rings. The van der Waals surface area contributed by atoms with Crippen molar-refractivity contribution in [1.29, 1.82) is 0 Å². The lowest BCUT2D eigenvalue weighted by Crippen LogP contribution is -2.58. The van der Waals surface area contributed by atoms with Crippen molar-refractivity contribution >= 4 is 29.0 Å². The number of aliphatic hydroxyl groups excluding tert-OH is 1. The van der Waals surface area contributed by atoms with Gasteiger partial charge in [0.15, 0.2) is 11.6 Å². The highest BCUT2D eigenvalue weighted by molar-refractivity contribution is 6.31. The number of ether oxygens (including phenoxy) is 1. The molecular weight excluding hydrogens is 614 g/mol. The van der Waals surface area contributed by atoms with Crippen LogP contribution in [0.2, 0.25) is 0 Å². The van der Waals surface area contributed by atoms with Gasteiger partial charge in [-0.2, -0.15) is 0 Å². The molecule has 250 valence electrons. The normalized spacial score (nSPS) is 29.9. The topological polar surface area (TPSA) is 101 Å². The van der Waals surface area contributed by atoms with Gasteiger partial charge in [-0.15, -0.1) is 0 Å². The molecule has 2 amide bonds. The third-order valence-corrected chi connectivity index (χ3v) is 11.9. The lowest BCUT2D eigenvalue weighted by Gasteiger charge is -2.55. The number of carbonyl (C=O) groups excluding carboxylic acids is 4. The van der Waals surface area contributed by atoms with Crippen LogP contribution in [0.15, 0.2) is 103 Å². The molecule has 5 aliphatic rings. The van der Waals surface area contributed by atoms with Crippen molar-refractivity contribution in [2.24, 2.45) is 23.7 Å². The zero-order valence-electron chi connectivity index (χ0n) is 27.5. The van der Waals surface area contributed by atoms with Gasteiger partial charge in [-0.05, 0) is 66.5 Å². The maximum atomic E-state index is 15.1. The summed E-state index contributed by atoms with van der Waals surface area (Å²) in [5.74, 6) is -2.53. The van der Waals surface area contributed by atoms with E-state index in [0.717, 1.165) is 48.8 Å². The van der Waals surface area contributed by atoms with Crippen LogP contribution in [0.3, 0.4) is 0 Å². The van der Waals surface area contributed by atoms with Crippen molar-refractivity contribution in [3.8, 4) is 5.75 Å². The highest BCUT2D eigenvalue weighted by Crippen LogP contribution is 2.63. The molecule has 0 unspecified atom stereocenters. The maximum Gasteiger partial charge on any atom is 0.233 e. The number of amides is 2. The Labute approximate surface area is 286 Å². The summed E-state index contributed by atoms with van der Waals surface area (Å²) in [4.78, 5) is 60.3. The monoisotopic (exact) mass is 655 g/mol. The quantitative estimate of drug-likeness (QED) is 0.240. The fourth-order valence-corrected chi connectivity index (χ4v) is 9.89. The minimum atomic E-state index is -1.26. The summed E-state index contributed by atoms with van der Waals surface area (Å²) in [6, 6.07) is 26.5. The number of Topliss-reactive ketones (excluding diaryl/α,β-unsaturated/α-hetero) is 1. The molecule has 1 saturated heterocycles. The molecule has 1 N–H and O–H groups in total. The Balaban J connectivity index is 1.32. The molecule has 0 spiro atoms. The van der Waals surface area contributed by atoms with Gasteiger partial charge in [0.2, 0.25) is 11.8 Å². The number of nitrogens with zero attached hydrogens (tertiary/aromatic N) is 1. The molecule has 2 saturated carbocycles. The predicted octanol–water partition coefficient (Wildman–Crippen LogP) is 6.21. The minimum Gasteiger partial charge on any atom is -0.491 e. The molecule has 0 aromatic heterocycles. The number of ketones is 2. The van der Waals surface area contributed by atoms with Crippen molar-refractivity contribution in [3.05, 3.63) is 119 Å². The van der Waals surface area contributed by atoms with E-state index >= 15 is 9.59 Å². The lowest BCUT2D eigenvalue weighted by atomic mass is 9.44. The number of imide groups is 1. The number of rotatable bonds is 7. The number of likely N-dealkylation sites (tertiary alicyclic amines) is 1. The van der Waals surface area contributed by atoms with E-state index in [1.54, 1.807) is 11.0 Å². The lowest BCUT2D eigenvalue weighted by molar-refractivity contribution is -0.144. The van der Waals surface area contributed by atoms with Crippen LogP contribution >= 0.6 is 0 Å². The second kappa shape index (κ2) is 12.7. The molecule has 49 heavy (non-hydrogen) atoms. The molecule has 0 bridgehead atoms. The van der Waals surface area contributed by atoms with Gasteiger partial charge in [-0.25, -0.2) is 0 Å². The maximum absolute atomic E-state index is 15.1. The van der Waals surface area contributed by atoms with E-state index in [4.69, 9.17) is 4.74 Å². The van der Waals surface area contributed by atoms with Gasteiger partial charge in [0.05, 0.1) is 23.9 Å². The summed E-state index contributed by atoms with van der Waals surface area (Å²) in [6.07, 6.45) is 9.24. The van der Waals surface area contributed by atoms with Crippen molar-refractivity contribution in [2.45, 2.75) is 62.3 Å². The molecule has 6 atom stereocenters. The zero-order valence-corrected chi connectivity index (χ0v) is 27.5. The number of fused-ring (bicyclic) bond motifs is 4. The number of allylic oxidation sites excluding steroid dienone is 4. The first-order chi connectivity index (χ1) is 23.9. The Morgan fingerprint density at radius 2 is 1.49 bits per heavy atom. The van der Waals surface area contributed by atoms with Gasteiger partial charge in [0, 0.05) is 23.5 Å². The van der Waals surface area contributed by atoms with Crippen LogP contribution in [-0.2, 0) is 24.6 Å². The van der Waals surface area contributed by atoms with E-state index in [1.807, 2.05) is 84.9 Å². The summed E-state index contributed by atoms with van der Waals surface area (Å²) < 4.78 is 5.69. The Bertz CT molecular complexity index is 1840. The molecule has 1 aliphatic heterocycles. The SMILES string of the molecule is O=C1C(c2ccccc2)=CC(=O)[C@@]2(c3ccccc3)[C@@H](c3ccc(OCCO)cc3)C3=CC[C@@H]4C(=O)N(C5CCCCC5)C(=O)[C@@H]4[C@@H]3C[C@@H]12. The molecular formula is C42H41NO6. The summed E-state index contributed by atoms with van der Waals surface area (Å²) in [5.41, 5.74) is 2.42. The largest absolute Gasteiger partial charge is 0.491 e. The highest BCUT2D eigenvalue weighted by atomic mass is 16.5. The minimum absolute atomic E-state index is 0.0671. The third kappa shape index (κ3) is 4.96. The summed E-state index contributed by atoms with van der Waals surface area (Å²) in [5, 5.41) is 9.32. The average molecular weight is 656 g/mol. The molecule has 0 radical (unpaired) electrons. The first-order valence-electron chi connectivity index (χ1n) is 17.8. The molecule has 8 rings (SSSR count). The average Bonchev–Trinajstić information content (AvgIpc) is 3.41. The van der Waals surface area contributed by atoms with Crippen molar-refractivity contribution < 1.29 is 29.0 Å². The molecule has 1 heterocycles. The fraction of sp³-hybridized carbons (Fsp3) is 0.381. The van der Waals surface area contributed by atoms with Crippen LogP contribution in [0.1, 0.15) is 67.6 Å². The number of hydrogen-bond acceptors (Lipinski definition) is 6. The van der Waals surface area contributed by atoms with Crippen molar-refractivity contribution in [2.75, 3.05) is 13.2 Å². The Morgan fingerprint density at radius 1 is 0.796 bits per heavy atom. The van der Waals surface area contributed by atoms with Crippen LogP contribution < -0.4 is 4.74 Å². The molecule has 3 aromatic carbocycles. The molecule has 7 nitrogen and oxygen atoms in total. The van der Waals surface area contributed by atoms with Crippen molar-refractivity contribution in [1.82, 2.24) is 4.90 Å². The van der Waals surface area contributed by atoms with Crippen LogP contribution in [0, 0.1) is 23.7 Å². The second-order valence-electron chi connectivity index (χ2n) is 14.3. The predicted molar refractivity (Wildman–Crippen MR) is 184 cm³/mol. The highest BCUT2D eigenvalue weighted by Gasteiger charge is 2.66. The van der Waals surface area contributed by atoms with E-state index in [9.17, 15) is 14.7 Å². The van der Waals surface area contributed by atoms with Crippen molar-refractivity contribution in [3.63, 3.8) is 0 Å². The standard InChI is InChI=1S/C42H41NO6/c44-22-23-49-30-18-16-27(17-19-30)38-31-20-21-32-37(41(48)43(40(32)47)29-14-8-3-9-15-29)34(31)24-35-39(46)33(26-10-4-1-5-11-26)25-36(45)42(35,38)28-12-6-2-7-13-28/h1-2,4-7,10-13,16-20,25,29,32,34-35,37-38,44H,3,8-9,14-15,21-24H2/t32-,34+,35-,37-,38-,42-/m0/s1.